The molecule has 0 atom stereocenters. The highest BCUT2D eigenvalue weighted by Crippen LogP contribution is 2.15. The van der Waals surface area contributed by atoms with Crippen LogP contribution in [-0.2, 0) is 0 Å². The molecule has 0 radical (unpaired) electrons. The van der Waals surface area contributed by atoms with Crippen molar-refractivity contribution in [1.29, 1.82) is 0 Å². The molecule has 1 rings (SSSR count). The Labute approximate surface area is 93.7 Å². The number of carbonyl (C=O) groups is 1. The van der Waals surface area contributed by atoms with Gasteiger partial charge >= 0.3 is 6.03 Å². The summed E-state index contributed by atoms with van der Waals surface area (Å²) in [6, 6.07) is 4.04. The summed E-state index contributed by atoms with van der Waals surface area (Å²) in [5, 5.41) is 11.1. The number of aryl methyl sites for hydroxylation is 1. The number of nitrogens with one attached hydrogen (secondary N) is 1. The van der Waals surface area contributed by atoms with Gasteiger partial charge in [0.2, 0.25) is 0 Å². The Kier molecular flexibility index (Phi) is 4.25. The Hall–Kier alpha value is -1.62. The second kappa shape index (κ2) is 5.46. The molecule has 16 heavy (non-hydrogen) atoms. The fraction of sp³-hybridized carbons (Fsp3) is 0.364. The molecule has 0 aromatic heterocycles. The topological polar surface area (TPSA) is 52.6 Å². The van der Waals surface area contributed by atoms with E-state index in [1.807, 2.05) is 6.92 Å². The Balaban J connectivity index is 2.72. The maximum absolute atomic E-state index is 13.3. The standard InChI is InChI=1S/C11H15FN2O2/c1-8-3-4-9(12)10(7-8)13-11(16)14(2)5-6-15/h3-4,7,15H,5-6H2,1-2H3,(H,13,16). The minimum absolute atomic E-state index is 0.125. The van der Waals surface area contributed by atoms with E-state index in [1.165, 1.54) is 18.0 Å². The van der Waals surface area contributed by atoms with Crippen molar-refractivity contribution in [2.24, 2.45) is 0 Å². The van der Waals surface area contributed by atoms with Crippen molar-refractivity contribution in [3.63, 3.8) is 0 Å². The predicted octanol–water partition coefficient (Wildman–Crippen LogP) is 1.59. The molecule has 0 spiro atoms. The van der Waals surface area contributed by atoms with E-state index in [0.29, 0.717) is 0 Å². The summed E-state index contributed by atoms with van der Waals surface area (Å²) < 4.78 is 13.3. The first-order valence-electron chi connectivity index (χ1n) is 4.93. The second-order valence-corrected chi connectivity index (χ2v) is 3.56. The monoisotopic (exact) mass is 226 g/mol. The van der Waals surface area contributed by atoms with E-state index in [-0.39, 0.29) is 18.8 Å². The Bertz CT molecular complexity index is 382. The molecule has 88 valence electrons. The summed E-state index contributed by atoms with van der Waals surface area (Å²) in [4.78, 5) is 12.8. The number of amides is 2. The molecular weight excluding hydrogens is 211 g/mol. The lowest BCUT2D eigenvalue weighted by molar-refractivity contribution is 0.202. The van der Waals surface area contributed by atoms with Crippen molar-refractivity contribution >= 4 is 11.7 Å². The van der Waals surface area contributed by atoms with Gasteiger partial charge in [0.05, 0.1) is 12.3 Å². The molecule has 2 amide bonds. The highest BCUT2D eigenvalue weighted by atomic mass is 19.1. The van der Waals surface area contributed by atoms with Crippen LogP contribution < -0.4 is 5.32 Å². The van der Waals surface area contributed by atoms with Crippen molar-refractivity contribution in [1.82, 2.24) is 4.90 Å². The van der Waals surface area contributed by atoms with Gasteiger partial charge in [-0.2, -0.15) is 0 Å². The number of likely N-dealkylation sites (N-methyl/N-ethyl adjacent to an activating group) is 1. The van der Waals surface area contributed by atoms with Gasteiger partial charge in [0, 0.05) is 13.6 Å². The number of aliphatic hydroxyl groups is 1. The summed E-state index contributed by atoms with van der Waals surface area (Å²) >= 11 is 0. The lowest BCUT2D eigenvalue weighted by atomic mass is 10.2. The zero-order valence-electron chi connectivity index (χ0n) is 9.33. The largest absolute Gasteiger partial charge is 0.395 e. The first kappa shape index (κ1) is 12.4. The molecule has 1 aromatic carbocycles. The van der Waals surface area contributed by atoms with Crippen LogP contribution in [0.5, 0.6) is 0 Å². The number of rotatable bonds is 3. The summed E-state index contributed by atoms with van der Waals surface area (Å²) in [6.45, 7) is 1.89. The van der Waals surface area contributed by atoms with Crippen LogP contribution in [0.1, 0.15) is 5.56 Å². The van der Waals surface area contributed by atoms with Crippen LogP contribution in [0.4, 0.5) is 14.9 Å². The minimum atomic E-state index is -0.476. The average molecular weight is 226 g/mol. The SMILES string of the molecule is Cc1ccc(F)c(NC(=O)N(C)CCO)c1. The van der Waals surface area contributed by atoms with Crippen molar-refractivity contribution in [2.75, 3.05) is 25.5 Å². The summed E-state index contributed by atoms with van der Waals surface area (Å²) in [6.07, 6.45) is 0. The molecule has 2 N–H and O–H groups in total. The predicted molar refractivity (Wildman–Crippen MR) is 59.9 cm³/mol. The van der Waals surface area contributed by atoms with Gasteiger partial charge in [-0.25, -0.2) is 9.18 Å². The fourth-order valence-electron chi connectivity index (χ4n) is 1.20. The molecule has 0 aliphatic rings. The molecule has 0 aliphatic carbocycles. The van der Waals surface area contributed by atoms with E-state index < -0.39 is 11.8 Å². The maximum atomic E-state index is 13.3. The molecule has 0 saturated heterocycles. The third kappa shape index (κ3) is 3.20. The molecular formula is C11H15FN2O2. The maximum Gasteiger partial charge on any atom is 0.321 e. The number of urea groups is 1. The van der Waals surface area contributed by atoms with E-state index in [9.17, 15) is 9.18 Å². The number of carbonyl (C=O) groups excluding carboxylic acids is 1. The van der Waals surface area contributed by atoms with Crippen molar-refractivity contribution in [3.8, 4) is 0 Å². The minimum Gasteiger partial charge on any atom is -0.395 e. The molecule has 5 heteroatoms. The van der Waals surface area contributed by atoms with Crippen molar-refractivity contribution < 1.29 is 14.3 Å². The first-order chi connectivity index (χ1) is 7.54. The molecule has 4 nitrogen and oxygen atoms in total. The summed E-state index contributed by atoms with van der Waals surface area (Å²) in [7, 11) is 1.53. The summed E-state index contributed by atoms with van der Waals surface area (Å²) in [5.74, 6) is -0.476. The molecule has 0 fully saturated rings. The number of nitrogens with zero attached hydrogens (tertiary/aromatic N) is 1. The Morgan fingerprint density at radius 2 is 2.25 bits per heavy atom. The molecule has 1 aromatic rings. The smallest absolute Gasteiger partial charge is 0.321 e. The molecule has 0 aliphatic heterocycles. The number of hydrogen-bond acceptors (Lipinski definition) is 2. The zero-order chi connectivity index (χ0) is 12.1. The van der Waals surface area contributed by atoms with Gasteiger partial charge in [0.15, 0.2) is 0 Å². The van der Waals surface area contributed by atoms with Crippen LogP contribution in [0.25, 0.3) is 0 Å². The van der Waals surface area contributed by atoms with Gasteiger partial charge in [-0.15, -0.1) is 0 Å². The van der Waals surface area contributed by atoms with Crippen LogP contribution in [0.2, 0.25) is 0 Å². The summed E-state index contributed by atoms with van der Waals surface area (Å²) in [5.41, 5.74) is 1.01. The van der Waals surface area contributed by atoms with Crippen molar-refractivity contribution in [3.05, 3.63) is 29.6 Å². The highest BCUT2D eigenvalue weighted by Gasteiger charge is 2.10. The third-order valence-corrected chi connectivity index (χ3v) is 2.15. The van der Waals surface area contributed by atoms with Crippen LogP contribution >= 0.6 is 0 Å². The van der Waals surface area contributed by atoms with E-state index >= 15 is 0 Å². The van der Waals surface area contributed by atoms with Gasteiger partial charge in [0.1, 0.15) is 5.82 Å². The van der Waals surface area contributed by atoms with Crippen LogP contribution in [0.3, 0.4) is 0 Å². The van der Waals surface area contributed by atoms with Crippen molar-refractivity contribution in [2.45, 2.75) is 6.92 Å². The number of aliphatic hydroxyl groups excluding tert-OH is 1. The second-order valence-electron chi connectivity index (χ2n) is 3.56. The van der Waals surface area contributed by atoms with Gasteiger partial charge in [-0.3, -0.25) is 0 Å². The average Bonchev–Trinajstić information content (AvgIpc) is 2.23. The van der Waals surface area contributed by atoms with E-state index in [2.05, 4.69) is 5.32 Å². The normalized spacial score (nSPS) is 10.0. The van der Waals surface area contributed by atoms with Gasteiger partial charge < -0.3 is 15.3 Å². The van der Waals surface area contributed by atoms with Gasteiger partial charge in [-0.05, 0) is 24.6 Å². The molecule has 0 bridgehead atoms. The molecule has 0 unspecified atom stereocenters. The highest BCUT2D eigenvalue weighted by molar-refractivity contribution is 5.89. The quantitative estimate of drug-likeness (QED) is 0.822. The van der Waals surface area contributed by atoms with Crippen LogP contribution in [0.15, 0.2) is 18.2 Å². The molecule has 0 heterocycles. The molecule has 0 saturated carbocycles. The van der Waals surface area contributed by atoms with Crippen LogP contribution in [-0.4, -0.2) is 36.2 Å². The number of benzene rings is 1. The third-order valence-electron chi connectivity index (χ3n) is 2.15. The lowest BCUT2D eigenvalue weighted by Gasteiger charge is -2.17. The van der Waals surface area contributed by atoms with Crippen LogP contribution in [0, 0.1) is 12.7 Å². The Morgan fingerprint density at radius 3 is 2.88 bits per heavy atom. The zero-order valence-corrected chi connectivity index (χ0v) is 9.33. The van der Waals surface area contributed by atoms with Gasteiger partial charge in [0.25, 0.3) is 0 Å². The van der Waals surface area contributed by atoms with E-state index in [1.54, 1.807) is 12.1 Å². The Morgan fingerprint density at radius 1 is 1.56 bits per heavy atom. The fourth-order valence-corrected chi connectivity index (χ4v) is 1.20. The van der Waals surface area contributed by atoms with E-state index in [4.69, 9.17) is 5.11 Å². The first-order valence-corrected chi connectivity index (χ1v) is 4.93. The number of halogens is 1. The lowest BCUT2D eigenvalue weighted by Crippen LogP contribution is -2.33. The van der Waals surface area contributed by atoms with Gasteiger partial charge in [-0.1, -0.05) is 6.07 Å². The number of anilines is 1. The number of hydrogen-bond donors (Lipinski definition) is 2. The van der Waals surface area contributed by atoms with E-state index in [0.717, 1.165) is 5.56 Å².